The number of allylic oxidation sites excluding steroid dienone is 2. The van der Waals surface area contributed by atoms with E-state index in [1.165, 1.54) is 32.0 Å². The number of hydrogen-bond acceptors (Lipinski definition) is 4. The third-order valence-electron chi connectivity index (χ3n) is 8.79. The van der Waals surface area contributed by atoms with Crippen LogP contribution in [0.1, 0.15) is 72.5 Å². The Hall–Kier alpha value is -4.72. The second kappa shape index (κ2) is 9.66. The van der Waals surface area contributed by atoms with Gasteiger partial charge in [0.2, 0.25) is 0 Å². The normalized spacial score (nSPS) is 16.7. The van der Waals surface area contributed by atoms with Gasteiger partial charge in [-0.2, -0.15) is 0 Å². The molecule has 0 saturated carbocycles. The smallest absolute Gasteiger partial charge is 0.226 e. The van der Waals surface area contributed by atoms with Gasteiger partial charge in [-0.15, -0.1) is 22.7 Å². The zero-order chi connectivity index (χ0) is 30.2. The van der Waals surface area contributed by atoms with Gasteiger partial charge in [-0.25, -0.2) is 20.2 Å². The van der Waals surface area contributed by atoms with Crippen LogP contribution < -0.4 is 0 Å². The molecule has 3 aliphatic carbocycles. The van der Waals surface area contributed by atoms with E-state index < -0.39 is 0 Å². The highest BCUT2D eigenvalue weighted by Gasteiger charge is 2.53. The Kier molecular flexibility index (Phi) is 6.09. The summed E-state index contributed by atoms with van der Waals surface area (Å²) in [6, 6.07) is 20.8. The van der Waals surface area contributed by atoms with Crippen LogP contribution >= 0.6 is 22.7 Å². The summed E-state index contributed by atoms with van der Waals surface area (Å²) in [5, 5.41) is 20.0. The van der Waals surface area contributed by atoms with Crippen LogP contribution in [0.25, 0.3) is 52.8 Å². The summed E-state index contributed by atoms with van der Waals surface area (Å²) in [4.78, 5) is 11.8. The van der Waals surface area contributed by atoms with E-state index in [9.17, 15) is 10.5 Å². The number of fused-ring (bicyclic) bond motifs is 11. The highest BCUT2D eigenvalue weighted by Crippen LogP contribution is 2.70. The average Bonchev–Trinajstić information content (AvgIpc) is 3.74. The van der Waals surface area contributed by atoms with Crippen LogP contribution in [0.3, 0.4) is 0 Å². The van der Waals surface area contributed by atoms with Crippen LogP contribution in [-0.4, -0.2) is 0 Å². The van der Waals surface area contributed by atoms with Crippen molar-refractivity contribution in [2.24, 2.45) is 11.8 Å². The van der Waals surface area contributed by atoms with Crippen molar-refractivity contribution < 1.29 is 0 Å². The summed E-state index contributed by atoms with van der Waals surface area (Å²) in [7, 11) is 0. The third-order valence-corrected chi connectivity index (χ3v) is 11.4. The van der Waals surface area contributed by atoms with E-state index in [0.29, 0.717) is 11.8 Å². The van der Waals surface area contributed by atoms with Crippen LogP contribution in [0.5, 0.6) is 0 Å². The summed E-state index contributed by atoms with van der Waals surface area (Å²) >= 11 is 3.42. The third kappa shape index (κ3) is 3.49. The number of rotatable bonds is 4. The molecule has 206 valence electrons. The quantitative estimate of drug-likeness (QED) is 0.151. The van der Waals surface area contributed by atoms with Crippen molar-refractivity contribution in [3.05, 3.63) is 115 Å². The van der Waals surface area contributed by atoms with Crippen molar-refractivity contribution >= 4 is 33.8 Å². The van der Waals surface area contributed by atoms with E-state index in [4.69, 9.17) is 13.1 Å². The highest BCUT2D eigenvalue weighted by molar-refractivity contribution is 7.24. The lowest BCUT2D eigenvalue weighted by Crippen LogP contribution is -2.30. The van der Waals surface area contributed by atoms with E-state index in [1.54, 1.807) is 22.7 Å². The molecule has 0 fully saturated rings. The molecule has 2 aromatic heterocycles. The predicted octanol–water partition coefficient (Wildman–Crippen LogP) is 10.5. The molecule has 0 spiro atoms. The van der Waals surface area contributed by atoms with Crippen molar-refractivity contribution in [3.8, 4) is 44.1 Å². The van der Waals surface area contributed by atoms with Crippen molar-refractivity contribution in [2.45, 2.75) is 46.0 Å². The molecule has 0 N–H and O–H groups in total. The summed E-state index contributed by atoms with van der Waals surface area (Å²) in [6.07, 6.45) is 1.89. The van der Waals surface area contributed by atoms with Crippen molar-refractivity contribution in [2.75, 3.05) is 0 Å². The Bertz CT molecular complexity index is 1950. The minimum Gasteiger partial charge on any atom is -0.226 e. The standard InChI is InChI=1S/C37H26N4S2/c1-19(2)15-37(16-20(3)4)31-29-23-13-9-7-11-21(23)27(25(17-38)40-5)33(29)42-35(31)36-32(37)30-24-14-10-8-12-22(24)28(34(30)43-36)26(18-39)41-6/h7-14,19-20H,15-16H2,1-4H3/b27-25-,28-26+. The molecule has 0 radical (unpaired) electrons. The Morgan fingerprint density at radius 3 is 1.37 bits per heavy atom. The maximum atomic E-state index is 10.0. The number of nitriles is 2. The van der Waals surface area contributed by atoms with Gasteiger partial charge in [-0.1, -0.05) is 76.2 Å². The van der Waals surface area contributed by atoms with E-state index in [1.807, 2.05) is 24.3 Å². The van der Waals surface area contributed by atoms with E-state index >= 15 is 0 Å². The SMILES string of the molecule is [C-]#[N+]/C(C#N)=C1/c2ccccc2-c2c1sc1c2C(CC(C)C)(CC(C)C)c2c-1sc1c2-c2ccccc2/C1=C(/C#N)[N+]#[C-]. The van der Waals surface area contributed by atoms with Gasteiger partial charge >= 0.3 is 0 Å². The van der Waals surface area contributed by atoms with Gasteiger partial charge in [0.05, 0.1) is 25.3 Å². The van der Waals surface area contributed by atoms with Crippen molar-refractivity contribution in [3.63, 3.8) is 0 Å². The lowest BCUT2D eigenvalue weighted by Gasteiger charge is -2.36. The van der Waals surface area contributed by atoms with Gasteiger partial charge < -0.3 is 0 Å². The van der Waals surface area contributed by atoms with Gasteiger partial charge in [0.25, 0.3) is 11.4 Å². The minimum atomic E-state index is -0.303. The molecule has 0 unspecified atom stereocenters. The highest BCUT2D eigenvalue weighted by atomic mass is 32.1. The van der Waals surface area contributed by atoms with Crippen LogP contribution in [0.15, 0.2) is 59.9 Å². The summed E-state index contributed by atoms with van der Waals surface area (Å²) in [5.41, 5.74) is 10.6. The second-order valence-corrected chi connectivity index (χ2v) is 14.3. The lowest BCUT2D eigenvalue weighted by atomic mass is 9.66. The molecule has 2 aromatic carbocycles. The molecule has 0 bridgehead atoms. The van der Waals surface area contributed by atoms with Gasteiger partial charge in [0.1, 0.15) is 0 Å². The van der Waals surface area contributed by atoms with Gasteiger partial charge in [0, 0.05) is 47.2 Å². The first-order valence-electron chi connectivity index (χ1n) is 14.4. The topological polar surface area (TPSA) is 56.3 Å². The molecule has 0 aliphatic heterocycles. The lowest BCUT2D eigenvalue weighted by molar-refractivity contribution is 0.339. The molecular weight excluding hydrogens is 565 g/mol. The Balaban J connectivity index is 1.66. The van der Waals surface area contributed by atoms with Crippen LogP contribution in [0.4, 0.5) is 0 Å². The van der Waals surface area contributed by atoms with E-state index in [-0.39, 0.29) is 16.8 Å². The average molecular weight is 591 g/mol. The number of nitrogens with zero attached hydrogens (tertiary/aromatic N) is 4. The number of thiophene rings is 2. The van der Waals surface area contributed by atoms with Gasteiger partial charge in [0.15, 0.2) is 0 Å². The monoisotopic (exact) mass is 590 g/mol. The Morgan fingerprint density at radius 1 is 0.674 bits per heavy atom. The summed E-state index contributed by atoms with van der Waals surface area (Å²) in [6.45, 7) is 24.8. The predicted molar refractivity (Wildman–Crippen MR) is 175 cm³/mol. The summed E-state index contributed by atoms with van der Waals surface area (Å²) in [5.74, 6) is 0.801. The van der Waals surface area contributed by atoms with Crippen molar-refractivity contribution in [1.29, 1.82) is 10.5 Å². The second-order valence-electron chi connectivity index (χ2n) is 12.3. The fraction of sp³-hybridized carbons (Fsp3) is 0.243. The molecule has 0 saturated heterocycles. The maximum absolute atomic E-state index is 10.0. The molecule has 4 aromatic rings. The number of benzene rings is 2. The maximum Gasteiger partial charge on any atom is 0.271 e. The fourth-order valence-electron chi connectivity index (χ4n) is 7.80. The minimum absolute atomic E-state index is 0.133. The summed E-state index contributed by atoms with van der Waals surface area (Å²) < 4.78 is 0. The van der Waals surface area contributed by atoms with Crippen LogP contribution in [0, 0.1) is 47.6 Å². The molecule has 2 heterocycles. The zero-order valence-electron chi connectivity index (χ0n) is 24.3. The van der Waals surface area contributed by atoms with Gasteiger partial charge in [-0.3, -0.25) is 0 Å². The molecule has 6 heteroatoms. The molecule has 4 nitrogen and oxygen atoms in total. The van der Waals surface area contributed by atoms with Crippen LogP contribution in [-0.2, 0) is 5.41 Å². The largest absolute Gasteiger partial charge is 0.271 e. The molecule has 0 amide bonds. The zero-order valence-corrected chi connectivity index (χ0v) is 25.9. The number of hydrogen-bond donors (Lipinski definition) is 0. The first-order valence-corrected chi connectivity index (χ1v) is 16.0. The molecule has 43 heavy (non-hydrogen) atoms. The Labute approximate surface area is 260 Å². The van der Waals surface area contributed by atoms with Gasteiger partial charge in [-0.05, 0) is 58.1 Å². The molecular formula is C37H26N4S2. The first kappa shape index (κ1) is 27.1. The van der Waals surface area contributed by atoms with E-state index in [2.05, 4.69) is 73.8 Å². The molecule has 7 rings (SSSR count). The van der Waals surface area contributed by atoms with Crippen LogP contribution in [0.2, 0.25) is 0 Å². The van der Waals surface area contributed by atoms with Crippen molar-refractivity contribution in [1.82, 2.24) is 0 Å². The molecule has 3 aliphatic rings. The first-order chi connectivity index (χ1) is 20.8. The fourth-order valence-corrected chi connectivity index (χ4v) is 10.9. The molecule has 0 atom stereocenters. The Morgan fingerprint density at radius 2 is 1.05 bits per heavy atom. The van der Waals surface area contributed by atoms with E-state index in [0.717, 1.165) is 56.0 Å².